The number of aromatic amines is 2. The largest absolute Gasteiger partial charge is 0.355 e. The molecule has 0 radical (unpaired) electrons. The van der Waals surface area contributed by atoms with Gasteiger partial charge in [0, 0.05) is 11.3 Å². The Morgan fingerprint density at radius 2 is 1.85 bits per heavy atom. The van der Waals surface area contributed by atoms with E-state index >= 15 is 0 Å². The maximum Gasteiger partial charge on any atom is 0.258 e. The van der Waals surface area contributed by atoms with Crippen LogP contribution >= 0.6 is 0 Å². The Morgan fingerprint density at radius 3 is 2.52 bits per heavy atom. The van der Waals surface area contributed by atoms with E-state index in [9.17, 15) is 14.4 Å². The Hall–Kier alpha value is -3.06. The van der Waals surface area contributed by atoms with Gasteiger partial charge in [-0.05, 0) is 38.5 Å². The smallest absolute Gasteiger partial charge is 0.258 e. The molecular weight excluding hydrogens is 344 g/mol. The Bertz CT molecular complexity index is 1090. The standard InChI is InChI=1S/C20H22N4O3/c1-11-18(13(3)25)12(2)21-19(11)16(26)9-24(4)10-17-22-15-8-6-5-7-14(15)20(27)23-17/h5-8,21H,9-10H2,1-4H3,(H,22,23,27)/p+1. The topological polar surface area (TPSA) is 100 Å². The molecule has 1 unspecified atom stereocenters. The van der Waals surface area contributed by atoms with E-state index in [1.807, 2.05) is 13.1 Å². The molecule has 0 aliphatic heterocycles. The van der Waals surface area contributed by atoms with Gasteiger partial charge in [0.2, 0.25) is 5.78 Å². The van der Waals surface area contributed by atoms with Crippen LogP contribution in [0, 0.1) is 13.8 Å². The summed E-state index contributed by atoms with van der Waals surface area (Å²) >= 11 is 0. The predicted octanol–water partition coefficient (Wildman–Crippen LogP) is 0.968. The normalized spacial score (nSPS) is 12.3. The van der Waals surface area contributed by atoms with E-state index < -0.39 is 0 Å². The Morgan fingerprint density at radius 1 is 1.15 bits per heavy atom. The van der Waals surface area contributed by atoms with Gasteiger partial charge in [0.25, 0.3) is 5.56 Å². The van der Waals surface area contributed by atoms with Crippen LogP contribution in [0.2, 0.25) is 0 Å². The highest BCUT2D eigenvalue weighted by Gasteiger charge is 2.22. The summed E-state index contributed by atoms with van der Waals surface area (Å²) in [4.78, 5) is 47.8. The first kappa shape index (κ1) is 18.7. The second-order valence-corrected chi connectivity index (χ2v) is 6.94. The minimum Gasteiger partial charge on any atom is -0.355 e. The van der Waals surface area contributed by atoms with E-state index in [1.54, 1.807) is 32.0 Å². The molecule has 140 valence electrons. The van der Waals surface area contributed by atoms with Crippen molar-refractivity contribution in [2.24, 2.45) is 0 Å². The number of H-pyrrole nitrogens is 2. The minimum atomic E-state index is -0.184. The average Bonchev–Trinajstić information content (AvgIpc) is 2.89. The molecule has 0 aliphatic rings. The molecule has 3 N–H and O–H groups in total. The van der Waals surface area contributed by atoms with Crippen molar-refractivity contribution in [1.82, 2.24) is 15.0 Å². The molecule has 3 rings (SSSR count). The van der Waals surface area contributed by atoms with E-state index in [4.69, 9.17) is 0 Å². The van der Waals surface area contributed by atoms with Crippen molar-refractivity contribution in [3.8, 4) is 0 Å². The van der Waals surface area contributed by atoms with Crippen molar-refractivity contribution >= 4 is 22.5 Å². The first-order valence-electron chi connectivity index (χ1n) is 8.80. The number of hydrogen-bond acceptors (Lipinski definition) is 4. The van der Waals surface area contributed by atoms with E-state index in [0.717, 1.165) is 4.90 Å². The molecule has 2 aromatic heterocycles. The fraction of sp³-hybridized carbons (Fsp3) is 0.300. The lowest BCUT2D eigenvalue weighted by atomic mass is 10.1. The van der Waals surface area contributed by atoms with Crippen molar-refractivity contribution in [2.75, 3.05) is 13.6 Å². The van der Waals surface area contributed by atoms with Crippen LogP contribution in [-0.2, 0) is 6.54 Å². The number of fused-ring (bicyclic) bond motifs is 1. The molecule has 0 spiro atoms. The fourth-order valence-corrected chi connectivity index (χ4v) is 3.49. The number of likely N-dealkylation sites (N-methyl/N-ethyl adjacent to an activating group) is 1. The van der Waals surface area contributed by atoms with Crippen molar-refractivity contribution in [1.29, 1.82) is 0 Å². The lowest BCUT2D eigenvalue weighted by molar-refractivity contribution is -0.885. The molecule has 0 aliphatic carbocycles. The lowest BCUT2D eigenvalue weighted by Crippen LogP contribution is -3.08. The lowest BCUT2D eigenvalue weighted by Gasteiger charge is -2.13. The molecule has 2 heterocycles. The Balaban J connectivity index is 1.77. The van der Waals surface area contributed by atoms with Gasteiger partial charge in [0.05, 0.1) is 23.6 Å². The number of quaternary nitrogens is 1. The number of carbonyl (C=O) groups is 2. The number of carbonyl (C=O) groups excluding carboxylic acids is 2. The average molecular weight is 367 g/mol. The van der Waals surface area contributed by atoms with Crippen LogP contribution in [-0.4, -0.2) is 40.1 Å². The Labute approximate surface area is 156 Å². The summed E-state index contributed by atoms with van der Waals surface area (Å²) in [5, 5.41) is 0.546. The summed E-state index contributed by atoms with van der Waals surface area (Å²) in [5.74, 6) is 0.399. The second-order valence-electron chi connectivity index (χ2n) is 6.94. The molecule has 3 aromatic rings. The van der Waals surface area contributed by atoms with Crippen LogP contribution in [0.1, 0.15) is 44.9 Å². The third-order valence-corrected chi connectivity index (χ3v) is 4.66. The molecule has 0 bridgehead atoms. The molecule has 1 aromatic carbocycles. The van der Waals surface area contributed by atoms with Crippen LogP contribution in [0.3, 0.4) is 0 Å². The second kappa shape index (κ2) is 7.28. The summed E-state index contributed by atoms with van der Waals surface area (Å²) in [7, 11) is 1.87. The van der Waals surface area contributed by atoms with Gasteiger partial charge in [0.15, 0.2) is 11.6 Å². The molecule has 0 saturated heterocycles. The summed E-state index contributed by atoms with van der Waals surface area (Å²) in [6.07, 6.45) is 0. The molecule has 0 fully saturated rings. The van der Waals surface area contributed by atoms with Crippen molar-refractivity contribution in [3.05, 3.63) is 63.0 Å². The molecular formula is C20H23N4O3+. The third-order valence-electron chi connectivity index (χ3n) is 4.66. The summed E-state index contributed by atoms with van der Waals surface area (Å²) in [6.45, 7) is 5.70. The SMILES string of the molecule is CC(=O)c1c(C)[nH]c(C(=O)C[NH+](C)Cc2nc3ccccc3c(=O)[nH]2)c1C. The number of aromatic nitrogens is 3. The highest BCUT2D eigenvalue weighted by molar-refractivity contribution is 6.03. The molecule has 7 heteroatoms. The van der Waals surface area contributed by atoms with Gasteiger partial charge in [-0.3, -0.25) is 14.4 Å². The number of nitrogens with one attached hydrogen (secondary N) is 3. The van der Waals surface area contributed by atoms with E-state index in [-0.39, 0.29) is 23.7 Å². The number of hydrogen-bond donors (Lipinski definition) is 3. The Kier molecular flexibility index (Phi) is 5.05. The van der Waals surface area contributed by atoms with Gasteiger partial charge < -0.3 is 14.9 Å². The number of Topliss-reactive ketones (excluding diaryl/α,β-unsaturated/α-hetero) is 2. The van der Waals surface area contributed by atoms with Crippen LogP contribution in [0.4, 0.5) is 0 Å². The monoisotopic (exact) mass is 367 g/mol. The maximum atomic E-state index is 12.7. The first-order chi connectivity index (χ1) is 12.8. The number of aryl methyl sites for hydroxylation is 1. The van der Waals surface area contributed by atoms with Crippen molar-refractivity contribution < 1.29 is 14.5 Å². The zero-order valence-electron chi connectivity index (χ0n) is 15.9. The quantitative estimate of drug-likeness (QED) is 0.565. The fourth-order valence-electron chi connectivity index (χ4n) is 3.49. The van der Waals surface area contributed by atoms with Gasteiger partial charge in [-0.15, -0.1) is 0 Å². The van der Waals surface area contributed by atoms with Gasteiger partial charge in [-0.1, -0.05) is 12.1 Å². The van der Waals surface area contributed by atoms with Gasteiger partial charge in [-0.25, -0.2) is 4.98 Å². The minimum absolute atomic E-state index is 0.0565. The number of rotatable bonds is 6. The summed E-state index contributed by atoms with van der Waals surface area (Å²) < 4.78 is 0. The molecule has 1 atom stereocenters. The van der Waals surface area contributed by atoms with Gasteiger partial charge in [0.1, 0.15) is 13.1 Å². The maximum absolute atomic E-state index is 12.7. The number of nitrogens with zero attached hydrogens (tertiary/aromatic N) is 1. The van der Waals surface area contributed by atoms with Crippen molar-refractivity contribution in [2.45, 2.75) is 27.3 Å². The zero-order valence-corrected chi connectivity index (χ0v) is 15.9. The van der Waals surface area contributed by atoms with E-state index in [0.29, 0.717) is 45.8 Å². The molecule has 27 heavy (non-hydrogen) atoms. The molecule has 7 nitrogen and oxygen atoms in total. The number of ketones is 2. The van der Waals surface area contributed by atoms with Crippen LogP contribution in [0.5, 0.6) is 0 Å². The number of para-hydroxylation sites is 1. The summed E-state index contributed by atoms with van der Waals surface area (Å²) in [6, 6.07) is 7.16. The zero-order chi connectivity index (χ0) is 19.7. The van der Waals surface area contributed by atoms with Gasteiger partial charge >= 0.3 is 0 Å². The van der Waals surface area contributed by atoms with E-state index in [2.05, 4.69) is 15.0 Å². The van der Waals surface area contributed by atoms with Crippen LogP contribution in [0.15, 0.2) is 29.1 Å². The van der Waals surface area contributed by atoms with E-state index in [1.165, 1.54) is 6.92 Å². The van der Waals surface area contributed by atoms with Crippen LogP contribution in [0.25, 0.3) is 10.9 Å². The molecule has 0 amide bonds. The van der Waals surface area contributed by atoms with Crippen LogP contribution < -0.4 is 10.5 Å². The molecule has 0 saturated carbocycles. The first-order valence-corrected chi connectivity index (χ1v) is 8.80. The highest BCUT2D eigenvalue weighted by atomic mass is 16.1. The predicted molar refractivity (Wildman–Crippen MR) is 102 cm³/mol. The summed E-state index contributed by atoms with van der Waals surface area (Å²) in [5.41, 5.74) is 2.90. The third kappa shape index (κ3) is 3.73. The van der Waals surface area contributed by atoms with Gasteiger partial charge in [-0.2, -0.15) is 0 Å². The number of benzene rings is 1. The van der Waals surface area contributed by atoms with Crippen molar-refractivity contribution in [3.63, 3.8) is 0 Å². The highest BCUT2D eigenvalue weighted by Crippen LogP contribution is 2.18.